The molecule has 68 valence electrons. The van der Waals surface area contributed by atoms with Gasteiger partial charge in [-0.2, -0.15) is 12.6 Å². The molecule has 0 aromatic carbocycles. The minimum absolute atomic E-state index is 0.636. The van der Waals surface area contributed by atoms with Crippen LogP contribution in [0.3, 0.4) is 0 Å². The summed E-state index contributed by atoms with van der Waals surface area (Å²) in [6.45, 7) is 8.27. The fourth-order valence-electron chi connectivity index (χ4n) is 0.770. The molecule has 0 bridgehead atoms. The molecule has 1 atom stereocenters. The molecule has 1 nitrogen and oxygen atoms in total. The summed E-state index contributed by atoms with van der Waals surface area (Å²) in [6, 6.07) is 0. The quantitative estimate of drug-likeness (QED) is 0.612. The molecule has 0 radical (unpaired) electrons. The van der Waals surface area contributed by atoms with Gasteiger partial charge in [0.2, 0.25) is 0 Å². The molecule has 0 N–H and O–H groups in total. The van der Waals surface area contributed by atoms with Gasteiger partial charge in [-0.3, -0.25) is 0 Å². The van der Waals surface area contributed by atoms with Gasteiger partial charge in [-0.25, -0.2) is 0 Å². The van der Waals surface area contributed by atoms with Crippen LogP contribution in [0.2, 0.25) is 0 Å². The van der Waals surface area contributed by atoms with Crippen LogP contribution in [-0.4, -0.2) is 19.0 Å². The SMILES string of the molecule is CCC(CS)COCC(C)C. The summed E-state index contributed by atoms with van der Waals surface area (Å²) in [5.41, 5.74) is 0. The van der Waals surface area contributed by atoms with Crippen molar-refractivity contribution in [1.82, 2.24) is 0 Å². The van der Waals surface area contributed by atoms with Crippen LogP contribution in [0, 0.1) is 11.8 Å². The first-order valence-corrected chi connectivity index (χ1v) is 5.02. The van der Waals surface area contributed by atoms with Crippen molar-refractivity contribution in [2.45, 2.75) is 27.2 Å². The Morgan fingerprint density at radius 3 is 2.27 bits per heavy atom. The fourth-order valence-corrected chi connectivity index (χ4v) is 1.13. The highest BCUT2D eigenvalue weighted by atomic mass is 32.1. The third-order valence-corrected chi connectivity index (χ3v) is 2.16. The van der Waals surface area contributed by atoms with E-state index >= 15 is 0 Å². The molecular weight excluding hydrogens is 156 g/mol. The summed E-state index contributed by atoms with van der Waals surface area (Å²) in [4.78, 5) is 0. The molecule has 0 saturated carbocycles. The Hall–Kier alpha value is 0.310. The second-order valence-electron chi connectivity index (χ2n) is 3.39. The van der Waals surface area contributed by atoms with Crippen LogP contribution in [0.5, 0.6) is 0 Å². The van der Waals surface area contributed by atoms with E-state index in [9.17, 15) is 0 Å². The van der Waals surface area contributed by atoms with Gasteiger partial charge in [-0.05, 0) is 17.6 Å². The molecule has 0 heterocycles. The Balaban J connectivity index is 3.21. The summed E-state index contributed by atoms with van der Waals surface area (Å²) in [5.74, 6) is 2.22. The van der Waals surface area contributed by atoms with Crippen LogP contribution in [0.25, 0.3) is 0 Å². The van der Waals surface area contributed by atoms with E-state index in [0.29, 0.717) is 11.8 Å². The maximum Gasteiger partial charge on any atom is 0.0502 e. The monoisotopic (exact) mass is 176 g/mol. The molecule has 2 heteroatoms. The lowest BCUT2D eigenvalue weighted by Crippen LogP contribution is -2.13. The maximum atomic E-state index is 5.49. The molecule has 0 aromatic heterocycles. The minimum Gasteiger partial charge on any atom is -0.381 e. The lowest BCUT2D eigenvalue weighted by atomic mass is 10.1. The van der Waals surface area contributed by atoms with Gasteiger partial charge in [0.15, 0.2) is 0 Å². The molecule has 11 heavy (non-hydrogen) atoms. The first-order valence-electron chi connectivity index (χ1n) is 4.39. The first kappa shape index (κ1) is 11.3. The standard InChI is InChI=1S/C9H20OS/c1-4-9(7-11)6-10-5-8(2)3/h8-9,11H,4-7H2,1-3H3. The minimum atomic E-state index is 0.636. The normalized spacial score (nSPS) is 13.9. The number of thiol groups is 1. The highest BCUT2D eigenvalue weighted by molar-refractivity contribution is 7.80. The molecule has 0 spiro atoms. The molecule has 0 aliphatic carbocycles. The molecular formula is C9H20OS. The smallest absolute Gasteiger partial charge is 0.0502 e. The predicted molar refractivity (Wildman–Crippen MR) is 53.3 cm³/mol. The average Bonchev–Trinajstić information content (AvgIpc) is 1.98. The van der Waals surface area contributed by atoms with Crippen LogP contribution in [0.15, 0.2) is 0 Å². The zero-order valence-corrected chi connectivity index (χ0v) is 8.73. The van der Waals surface area contributed by atoms with Crippen molar-refractivity contribution in [3.05, 3.63) is 0 Å². The van der Waals surface area contributed by atoms with Crippen molar-refractivity contribution in [2.75, 3.05) is 19.0 Å². The van der Waals surface area contributed by atoms with Crippen molar-refractivity contribution in [3.63, 3.8) is 0 Å². The van der Waals surface area contributed by atoms with Gasteiger partial charge in [0.25, 0.3) is 0 Å². The highest BCUT2D eigenvalue weighted by Gasteiger charge is 2.03. The van der Waals surface area contributed by atoms with Crippen LogP contribution >= 0.6 is 12.6 Å². The number of ether oxygens (including phenoxy) is 1. The third-order valence-electron chi connectivity index (χ3n) is 1.64. The Morgan fingerprint density at radius 2 is 1.91 bits per heavy atom. The number of hydrogen-bond donors (Lipinski definition) is 1. The van der Waals surface area contributed by atoms with E-state index in [2.05, 4.69) is 33.4 Å². The molecule has 0 aliphatic rings. The summed E-state index contributed by atoms with van der Waals surface area (Å²) in [6.07, 6.45) is 1.17. The number of rotatable bonds is 6. The van der Waals surface area contributed by atoms with Gasteiger partial charge in [-0.1, -0.05) is 27.2 Å². The average molecular weight is 176 g/mol. The van der Waals surface area contributed by atoms with E-state index in [-0.39, 0.29) is 0 Å². The topological polar surface area (TPSA) is 9.23 Å². The van der Waals surface area contributed by atoms with E-state index in [1.807, 2.05) is 0 Å². The van der Waals surface area contributed by atoms with Crippen molar-refractivity contribution < 1.29 is 4.74 Å². The molecule has 0 amide bonds. The third kappa shape index (κ3) is 6.70. The lowest BCUT2D eigenvalue weighted by Gasteiger charge is -2.13. The molecule has 0 aromatic rings. The van der Waals surface area contributed by atoms with Crippen LogP contribution < -0.4 is 0 Å². The number of hydrogen-bond acceptors (Lipinski definition) is 2. The van der Waals surface area contributed by atoms with Gasteiger partial charge in [-0.15, -0.1) is 0 Å². The van der Waals surface area contributed by atoms with Gasteiger partial charge in [0.1, 0.15) is 0 Å². The van der Waals surface area contributed by atoms with E-state index in [1.54, 1.807) is 0 Å². The van der Waals surface area contributed by atoms with Crippen molar-refractivity contribution in [2.24, 2.45) is 11.8 Å². The van der Waals surface area contributed by atoms with Crippen molar-refractivity contribution in [1.29, 1.82) is 0 Å². The molecule has 0 rings (SSSR count). The fraction of sp³-hybridized carbons (Fsp3) is 1.00. The van der Waals surface area contributed by atoms with Crippen LogP contribution in [0.1, 0.15) is 27.2 Å². The molecule has 0 fully saturated rings. The predicted octanol–water partition coefficient (Wildman–Crippen LogP) is 2.62. The highest BCUT2D eigenvalue weighted by Crippen LogP contribution is 2.05. The molecule has 1 unspecified atom stereocenters. The zero-order valence-electron chi connectivity index (χ0n) is 7.84. The van der Waals surface area contributed by atoms with E-state index in [4.69, 9.17) is 4.74 Å². The zero-order chi connectivity index (χ0) is 8.69. The van der Waals surface area contributed by atoms with Crippen LogP contribution in [0.4, 0.5) is 0 Å². The lowest BCUT2D eigenvalue weighted by molar-refractivity contribution is 0.0845. The molecule has 0 aliphatic heterocycles. The van der Waals surface area contributed by atoms with Crippen molar-refractivity contribution >= 4 is 12.6 Å². The Bertz CT molecular complexity index is 79.6. The summed E-state index contributed by atoms with van der Waals surface area (Å²) >= 11 is 4.24. The second kappa shape index (κ2) is 6.99. The second-order valence-corrected chi connectivity index (χ2v) is 3.75. The van der Waals surface area contributed by atoms with Crippen molar-refractivity contribution in [3.8, 4) is 0 Å². The van der Waals surface area contributed by atoms with E-state index < -0.39 is 0 Å². The van der Waals surface area contributed by atoms with Gasteiger partial charge < -0.3 is 4.74 Å². The van der Waals surface area contributed by atoms with Crippen LogP contribution in [-0.2, 0) is 4.74 Å². The van der Waals surface area contributed by atoms with Gasteiger partial charge in [0, 0.05) is 6.61 Å². The Kier molecular flexibility index (Phi) is 7.18. The first-order chi connectivity index (χ1) is 5.20. The maximum absolute atomic E-state index is 5.49. The largest absolute Gasteiger partial charge is 0.381 e. The summed E-state index contributed by atoms with van der Waals surface area (Å²) in [7, 11) is 0. The Morgan fingerprint density at radius 1 is 1.27 bits per heavy atom. The Labute approximate surface area is 75.9 Å². The van der Waals surface area contributed by atoms with Gasteiger partial charge in [0.05, 0.1) is 6.61 Å². The molecule has 0 saturated heterocycles. The van der Waals surface area contributed by atoms with E-state index in [0.717, 1.165) is 19.0 Å². The van der Waals surface area contributed by atoms with E-state index in [1.165, 1.54) is 6.42 Å². The summed E-state index contributed by atoms with van der Waals surface area (Å²) < 4.78 is 5.49. The summed E-state index contributed by atoms with van der Waals surface area (Å²) in [5, 5.41) is 0. The van der Waals surface area contributed by atoms with Gasteiger partial charge >= 0.3 is 0 Å².